The Morgan fingerprint density at radius 1 is 1.30 bits per heavy atom. The summed E-state index contributed by atoms with van der Waals surface area (Å²) in [5.41, 5.74) is 4.02. The number of aliphatic hydroxyl groups excluding tert-OH is 1. The van der Waals surface area contributed by atoms with Crippen molar-refractivity contribution in [1.82, 2.24) is 10.9 Å². The Morgan fingerprint density at radius 3 is 2.55 bits per heavy atom. The van der Waals surface area contributed by atoms with Gasteiger partial charge < -0.3 is 9.84 Å². The van der Waals surface area contributed by atoms with Gasteiger partial charge in [-0.3, -0.25) is 20.4 Å². The van der Waals surface area contributed by atoms with E-state index < -0.39 is 17.9 Å². The number of aliphatic hydroxyl groups is 1. The highest BCUT2D eigenvalue weighted by molar-refractivity contribution is 5.80. The maximum absolute atomic E-state index is 11.6. The van der Waals surface area contributed by atoms with Crippen LogP contribution in [0.2, 0.25) is 0 Å². The normalized spacial score (nSPS) is 13.6. The second-order valence-corrected chi connectivity index (χ2v) is 4.63. The SMILES string of the molecule is CCCCOC[C@@H](O)C[C@H](CCC(=O)NN)C(=O)NN. The zero-order valence-corrected chi connectivity index (χ0v) is 11.9. The minimum absolute atomic E-state index is 0.0952. The summed E-state index contributed by atoms with van der Waals surface area (Å²) in [4.78, 5) is 22.6. The number of carbonyl (C=O) groups excluding carboxylic acids is 2. The number of unbranched alkanes of at least 4 members (excludes halogenated alkanes) is 1. The molecule has 0 heterocycles. The van der Waals surface area contributed by atoms with Crippen LogP contribution in [0.5, 0.6) is 0 Å². The molecular weight excluding hydrogens is 264 g/mol. The van der Waals surface area contributed by atoms with Gasteiger partial charge in [-0.2, -0.15) is 0 Å². The van der Waals surface area contributed by atoms with Crippen LogP contribution < -0.4 is 22.5 Å². The summed E-state index contributed by atoms with van der Waals surface area (Å²) in [5.74, 6) is 8.72. The van der Waals surface area contributed by atoms with E-state index in [9.17, 15) is 14.7 Å². The van der Waals surface area contributed by atoms with Gasteiger partial charge in [0.1, 0.15) is 0 Å². The van der Waals surface area contributed by atoms with Crippen molar-refractivity contribution in [3.63, 3.8) is 0 Å². The van der Waals surface area contributed by atoms with Crippen molar-refractivity contribution in [2.24, 2.45) is 17.6 Å². The second-order valence-electron chi connectivity index (χ2n) is 4.63. The number of nitrogens with two attached hydrogens (primary N) is 2. The first-order valence-corrected chi connectivity index (χ1v) is 6.80. The van der Waals surface area contributed by atoms with Gasteiger partial charge in [0.15, 0.2) is 0 Å². The van der Waals surface area contributed by atoms with Gasteiger partial charge in [-0.05, 0) is 19.3 Å². The third-order valence-corrected chi connectivity index (χ3v) is 2.90. The summed E-state index contributed by atoms with van der Waals surface area (Å²) in [6.07, 6.45) is 1.72. The van der Waals surface area contributed by atoms with Crippen molar-refractivity contribution in [3.8, 4) is 0 Å². The van der Waals surface area contributed by atoms with Crippen LogP contribution in [0.3, 0.4) is 0 Å². The third-order valence-electron chi connectivity index (χ3n) is 2.90. The zero-order chi connectivity index (χ0) is 15.4. The number of hydrazine groups is 2. The van der Waals surface area contributed by atoms with E-state index in [0.29, 0.717) is 6.61 Å². The molecule has 7 N–H and O–H groups in total. The first kappa shape index (κ1) is 18.8. The molecule has 0 aromatic carbocycles. The summed E-state index contributed by atoms with van der Waals surface area (Å²) in [6, 6.07) is 0. The fourth-order valence-corrected chi connectivity index (χ4v) is 1.71. The molecule has 0 aromatic rings. The highest BCUT2D eigenvalue weighted by Crippen LogP contribution is 2.14. The lowest BCUT2D eigenvalue weighted by molar-refractivity contribution is -0.127. The molecule has 0 saturated heterocycles. The number of nitrogens with one attached hydrogen (secondary N) is 2. The minimum atomic E-state index is -0.768. The van der Waals surface area contributed by atoms with E-state index in [2.05, 4.69) is 0 Å². The summed E-state index contributed by atoms with van der Waals surface area (Å²) in [5, 5.41) is 9.81. The number of hydrogen-bond donors (Lipinski definition) is 5. The van der Waals surface area contributed by atoms with Crippen LogP contribution in [0.1, 0.15) is 39.0 Å². The van der Waals surface area contributed by atoms with Crippen LogP contribution in [0.4, 0.5) is 0 Å². The molecule has 0 saturated carbocycles. The maximum Gasteiger partial charge on any atom is 0.237 e. The Bertz CT molecular complexity index is 289. The topological polar surface area (TPSA) is 140 Å². The van der Waals surface area contributed by atoms with E-state index >= 15 is 0 Å². The number of ether oxygens (including phenoxy) is 1. The van der Waals surface area contributed by atoms with Gasteiger partial charge in [0.05, 0.1) is 12.7 Å². The quantitative estimate of drug-likeness (QED) is 0.142. The second kappa shape index (κ2) is 11.6. The smallest absolute Gasteiger partial charge is 0.237 e. The average molecular weight is 290 g/mol. The molecule has 2 amide bonds. The molecule has 8 nitrogen and oxygen atoms in total. The molecule has 0 spiro atoms. The largest absolute Gasteiger partial charge is 0.391 e. The Kier molecular flexibility index (Phi) is 10.9. The molecular formula is C12H26N4O4. The molecule has 0 radical (unpaired) electrons. The molecule has 0 bridgehead atoms. The number of amides is 2. The maximum atomic E-state index is 11.6. The molecule has 2 atom stereocenters. The number of carbonyl (C=O) groups is 2. The van der Waals surface area contributed by atoms with Gasteiger partial charge in [-0.15, -0.1) is 0 Å². The fourth-order valence-electron chi connectivity index (χ4n) is 1.71. The van der Waals surface area contributed by atoms with Crippen LogP contribution in [0, 0.1) is 5.92 Å². The molecule has 8 heteroatoms. The predicted octanol–water partition coefficient (Wildman–Crippen LogP) is -1.07. The van der Waals surface area contributed by atoms with Gasteiger partial charge in [0.2, 0.25) is 11.8 Å². The lowest BCUT2D eigenvalue weighted by Gasteiger charge is -2.18. The Labute approximate surface area is 119 Å². The Hall–Kier alpha value is -1.22. The van der Waals surface area contributed by atoms with E-state index in [4.69, 9.17) is 16.4 Å². The van der Waals surface area contributed by atoms with Gasteiger partial charge in [-0.25, -0.2) is 11.7 Å². The highest BCUT2D eigenvalue weighted by atomic mass is 16.5. The standard InChI is InChI=1S/C12H26N4O4/c1-2-3-6-20-8-10(17)7-9(12(19)16-14)4-5-11(18)15-13/h9-10,17H,2-8,13-14H2,1H3,(H,15,18)(H,16,19)/t9-,10-/m0/s1. The Morgan fingerprint density at radius 2 is 2.00 bits per heavy atom. The summed E-state index contributed by atoms with van der Waals surface area (Å²) in [6.45, 7) is 2.79. The predicted molar refractivity (Wildman–Crippen MR) is 73.7 cm³/mol. The zero-order valence-electron chi connectivity index (χ0n) is 11.9. The summed E-state index contributed by atoms with van der Waals surface area (Å²) in [7, 11) is 0. The Balaban J connectivity index is 4.13. The molecule has 0 fully saturated rings. The molecule has 0 unspecified atom stereocenters. The van der Waals surface area contributed by atoms with E-state index in [0.717, 1.165) is 12.8 Å². The van der Waals surface area contributed by atoms with Crippen molar-refractivity contribution in [2.45, 2.75) is 45.1 Å². The van der Waals surface area contributed by atoms with E-state index in [1.165, 1.54) is 0 Å². The van der Waals surface area contributed by atoms with E-state index in [1.54, 1.807) is 0 Å². The van der Waals surface area contributed by atoms with Crippen molar-refractivity contribution < 1.29 is 19.4 Å². The van der Waals surface area contributed by atoms with Crippen LogP contribution in [0.25, 0.3) is 0 Å². The average Bonchev–Trinajstić information content (AvgIpc) is 2.46. The van der Waals surface area contributed by atoms with E-state index in [-0.39, 0.29) is 31.8 Å². The van der Waals surface area contributed by atoms with Crippen LogP contribution in [-0.2, 0) is 14.3 Å². The van der Waals surface area contributed by atoms with Crippen molar-refractivity contribution >= 4 is 11.8 Å². The van der Waals surface area contributed by atoms with Crippen LogP contribution in [0.15, 0.2) is 0 Å². The molecule has 20 heavy (non-hydrogen) atoms. The van der Waals surface area contributed by atoms with Crippen LogP contribution in [-0.4, -0.2) is 36.2 Å². The molecule has 0 aromatic heterocycles. The number of hydrogen-bond acceptors (Lipinski definition) is 6. The molecule has 0 rings (SSSR count). The van der Waals surface area contributed by atoms with Gasteiger partial charge in [0, 0.05) is 18.9 Å². The third kappa shape index (κ3) is 8.81. The minimum Gasteiger partial charge on any atom is -0.391 e. The first-order chi connectivity index (χ1) is 9.54. The van der Waals surface area contributed by atoms with Crippen LogP contribution >= 0.6 is 0 Å². The molecule has 0 aliphatic rings. The lowest BCUT2D eigenvalue weighted by atomic mass is 9.95. The van der Waals surface area contributed by atoms with Crippen molar-refractivity contribution in [1.29, 1.82) is 0 Å². The molecule has 0 aliphatic carbocycles. The van der Waals surface area contributed by atoms with Gasteiger partial charge in [-0.1, -0.05) is 13.3 Å². The summed E-state index contributed by atoms with van der Waals surface area (Å²) >= 11 is 0. The fraction of sp³-hybridized carbons (Fsp3) is 0.833. The van der Waals surface area contributed by atoms with Gasteiger partial charge in [0.25, 0.3) is 0 Å². The summed E-state index contributed by atoms with van der Waals surface area (Å²) < 4.78 is 5.28. The first-order valence-electron chi connectivity index (χ1n) is 6.80. The lowest BCUT2D eigenvalue weighted by Crippen LogP contribution is -2.39. The van der Waals surface area contributed by atoms with E-state index in [1.807, 2.05) is 17.8 Å². The molecule has 0 aliphatic heterocycles. The van der Waals surface area contributed by atoms with Crippen molar-refractivity contribution in [2.75, 3.05) is 13.2 Å². The molecule has 118 valence electrons. The van der Waals surface area contributed by atoms with Gasteiger partial charge >= 0.3 is 0 Å². The monoisotopic (exact) mass is 290 g/mol. The van der Waals surface area contributed by atoms with Crippen molar-refractivity contribution in [3.05, 3.63) is 0 Å². The number of rotatable bonds is 11. The highest BCUT2D eigenvalue weighted by Gasteiger charge is 2.22.